The van der Waals surface area contributed by atoms with Crippen molar-refractivity contribution in [1.29, 1.82) is 0 Å². The molecule has 0 radical (unpaired) electrons. The van der Waals surface area contributed by atoms with Crippen LogP contribution in [0.5, 0.6) is 0 Å². The molecule has 8 heteroatoms. The number of fused-ring (bicyclic) bond motifs is 1. The van der Waals surface area contributed by atoms with Crippen molar-refractivity contribution in [2.45, 2.75) is 42.4 Å². The molecular weight excluding hydrogens is 502 g/mol. The van der Waals surface area contributed by atoms with Gasteiger partial charge in [0.25, 0.3) is 0 Å². The number of thioether (sulfide) groups is 1. The molecule has 0 bridgehead atoms. The average Bonchev–Trinajstić information content (AvgIpc) is 3.16. The van der Waals surface area contributed by atoms with Gasteiger partial charge in [-0.1, -0.05) is 97.1 Å². The fourth-order valence-corrected chi connectivity index (χ4v) is 6.09. The van der Waals surface area contributed by atoms with Crippen molar-refractivity contribution in [1.82, 2.24) is 4.90 Å². The summed E-state index contributed by atoms with van der Waals surface area (Å²) in [6, 6.07) is 28.1. The lowest BCUT2D eigenvalue weighted by Crippen LogP contribution is -2.55. The van der Waals surface area contributed by atoms with E-state index >= 15 is 0 Å². The van der Waals surface area contributed by atoms with Gasteiger partial charge in [0.1, 0.15) is 6.61 Å². The van der Waals surface area contributed by atoms with Gasteiger partial charge in [0, 0.05) is 6.08 Å². The lowest BCUT2D eigenvalue weighted by atomic mass is 10.0. The van der Waals surface area contributed by atoms with E-state index in [1.54, 1.807) is 6.08 Å². The molecule has 2 saturated heterocycles. The summed E-state index contributed by atoms with van der Waals surface area (Å²) in [5.41, 5.74) is 2.46. The monoisotopic (exact) mass is 529 g/mol. The first kappa shape index (κ1) is 25.6. The minimum atomic E-state index is -0.934. The Morgan fingerprint density at radius 3 is 2.13 bits per heavy atom. The number of carbonyl (C=O) groups is 3. The van der Waals surface area contributed by atoms with Gasteiger partial charge < -0.3 is 14.2 Å². The molecule has 3 aromatic rings. The first-order chi connectivity index (χ1) is 18.4. The first-order valence-corrected chi connectivity index (χ1v) is 13.2. The molecule has 0 unspecified atom stereocenters. The number of carbonyl (C=O) groups excluding carboxylic acids is 3. The predicted molar refractivity (Wildman–Crippen MR) is 143 cm³/mol. The summed E-state index contributed by atoms with van der Waals surface area (Å²) in [6.07, 6.45) is 0.789. The van der Waals surface area contributed by atoms with Gasteiger partial charge in [-0.15, -0.1) is 11.8 Å². The third-order valence-corrected chi connectivity index (χ3v) is 7.99. The van der Waals surface area contributed by atoms with Crippen LogP contribution in [0.4, 0.5) is 4.79 Å². The molecular formula is C30H27NO6S. The third kappa shape index (κ3) is 5.60. The van der Waals surface area contributed by atoms with E-state index in [2.05, 4.69) is 0 Å². The van der Waals surface area contributed by atoms with Crippen LogP contribution in [-0.4, -0.2) is 39.3 Å². The molecule has 0 aliphatic carbocycles. The number of ether oxygens (including phenoxy) is 3. The van der Waals surface area contributed by atoms with Crippen molar-refractivity contribution >= 4 is 29.8 Å². The number of hydrogen-bond acceptors (Lipinski definition) is 7. The average molecular weight is 530 g/mol. The zero-order valence-corrected chi connectivity index (χ0v) is 21.6. The molecule has 194 valence electrons. The molecule has 1 amide bonds. The quantitative estimate of drug-likeness (QED) is 0.213. The van der Waals surface area contributed by atoms with Crippen molar-refractivity contribution in [2.75, 3.05) is 0 Å². The maximum absolute atomic E-state index is 13.1. The summed E-state index contributed by atoms with van der Waals surface area (Å²) in [7, 11) is 0. The van der Waals surface area contributed by atoms with Gasteiger partial charge >= 0.3 is 12.1 Å². The first-order valence-electron chi connectivity index (χ1n) is 12.3. The lowest BCUT2D eigenvalue weighted by Gasteiger charge is -2.37. The minimum absolute atomic E-state index is 0.119. The summed E-state index contributed by atoms with van der Waals surface area (Å²) in [5.74, 6) is -0.641. The smallest absolute Gasteiger partial charge is 0.458 e. The van der Waals surface area contributed by atoms with Crippen molar-refractivity contribution in [3.63, 3.8) is 0 Å². The number of nitrogens with zero attached hydrogens (tertiary/aromatic N) is 1. The second-order valence-corrected chi connectivity index (χ2v) is 10.9. The van der Waals surface area contributed by atoms with Crippen molar-refractivity contribution in [3.05, 3.63) is 120 Å². The number of amides is 1. The van der Waals surface area contributed by atoms with Gasteiger partial charge in [-0.05, 0) is 23.6 Å². The number of benzene rings is 3. The normalized spacial score (nSPS) is 22.2. The zero-order valence-electron chi connectivity index (χ0n) is 20.8. The molecule has 3 atom stereocenters. The number of esters is 1. The molecule has 2 heterocycles. The van der Waals surface area contributed by atoms with E-state index in [4.69, 9.17) is 14.2 Å². The van der Waals surface area contributed by atoms with E-state index in [1.165, 1.54) is 22.7 Å². The molecule has 2 aliphatic heterocycles. The Labute approximate surface area is 225 Å². The number of rotatable bonds is 8. The Bertz CT molecular complexity index is 1280. The van der Waals surface area contributed by atoms with Crippen LogP contribution in [0.25, 0.3) is 0 Å². The minimum Gasteiger partial charge on any atom is -0.458 e. The largest absolute Gasteiger partial charge is 0.511 e. The fourth-order valence-electron chi connectivity index (χ4n) is 4.51. The molecule has 38 heavy (non-hydrogen) atoms. The van der Waals surface area contributed by atoms with Crippen LogP contribution in [-0.2, 0) is 30.4 Å². The lowest BCUT2D eigenvalue weighted by molar-refractivity contribution is -0.157. The predicted octanol–water partition coefficient (Wildman–Crippen LogP) is 5.62. The summed E-state index contributed by atoms with van der Waals surface area (Å²) in [6.45, 7) is 1.97. The fraction of sp³-hybridized carbons (Fsp3) is 0.233. The maximum Gasteiger partial charge on any atom is 0.511 e. The van der Waals surface area contributed by atoms with Crippen LogP contribution in [0, 0.1) is 0 Å². The standard InChI is InChI=1S/C30H27NO6S/c1-30(18-17-26(33)35-20-21-11-5-2-6-12-21)28(31-24(32)19-25(31)38-30)37-29(34)36-27(22-13-7-3-8-14-22)23-15-9-4-10-16-23/h2-18,25,27-28H,19-20H2,1H3/b18-17+/t25-,28+,30+/m1/s1. The highest BCUT2D eigenvalue weighted by Gasteiger charge is 2.59. The molecule has 0 N–H and O–H groups in total. The topological polar surface area (TPSA) is 82.1 Å². The molecule has 0 saturated carbocycles. The Balaban J connectivity index is 1.30. The van der Waals surface area contributed by atoms with Crippen LogP contribution in [0.15, 0.2) is 103 Å². The highest BCUT2D eigenvalue weighted by atomic mass is 32.2. The summed E-state index contributed by atoms with van der Waals surface area (Å²) >= 11 is 1.46. The van der Waals surface area contributed by atoms with E-state index in [-0.39, 0.29) is 17.9 Å². The van der Waals surface area contributed by atoms with E-state index in [0.29, 0.717) is 6.42 Å². The van der Waals surface area contributed by atoms with Gasteiger partial charge in [-0.3, -0.25) is 9.69 Å². The highest BCUT2D eigenvalue weighted by Crippen LogP contribution is 2.52. The molecule has 0 spiro atoms. The van der Waals surface area contributed by atoms with Crippen LogP contribution < -0.4 is 0 Å². The Kier molecular flexibility index (Phi) is 7.51. The Morgan fingerprint density at radius 1 is 0.974 bits per heavy atom. The van der Waals surface area contributed by atoms with Gasteiger partial charge in [0.05, 0.1) is 16.5 Å². The zero-order chi connectivity index (χ0) is 26.5. The van der Waals surface area contributed by atoms with Gasteiger partial charge in [0.15, 0.2) is 12.3 Å². The summed E-state index contributed by atoms with van der Waals surface area (Å²) in [5, 5.41) is -0.144. The molecule has 2 fully saturated rings. The molecule has 2 aliphatic rings. The SMILES string of the molecule is C[C@@]1(/C=C/C(=O)OCc2ccccc2)S[C@@H]2CC(=O)N2[C@H]1OC(=O)OC(c1ccccc1)c1ccccc1. The van der Waals surface area contributed by atoms with Gasteiger partial charge in [-0.25, -0.2) is 9.59 Å². The van der Waals surface area contributed by atoms with E-state index in [0.717, 1.165) is 16.7 Å². The van der Waals surface area contributed by atoms with Crippen molar-refractivity contribution in [3.8, 4) is 0 Å². The Morgan fingerprint density at radius 2 is 1.55 bits per heavy atom. The Hall–Kier alpha value is -4.04. The van der Waals surface area contributed by atoms with Crippen LogP contribution in [0.3, 0.4) is 0 Å². The summed E-state index contributed by atoms with van der Waals surface area (Å²) < 4.78 is 16.1. The van der Waals surface area contributed by atoms with Crippen molar-refractivity contribution < 1.29 is 28.6 Å². The molecule has 7 nitrogen and oxygen atoms in total. The van der Waals surface area contributed by atoms with Gasteiger partial charge in [-0.2, -0.15) is 0 Å². The molecule has 5 rings (SSSR count). The van der Waals surface area contributed by atoms with E-state index < -0.39 is 29.2 Å². The highest BCUT2D eigenvalue weighted by molar-refractivity contribution is 8.01. The van der Waals surface area contributed by atoms with Crippen LogP contribution in [0.2, 0.25) is 0 Å². The van der Waals surface area contributed by atoms with Crippen molar-refractivity contribution in [2.24, 2.45) is 0 Å². The third-order valence-electron chi connectivity index (χ3n) is 6.48. The molecule has 0 aromatic heterocycles. The maximum atomic E-state index is 13.1. The van der Waals surface area contributed by atoms with Crippen LogP contribution >= 0.6 is 11.8 Å². The summed E-state index contributed by atoms with van der Waals surface area (Å²) in [4.78, 5) is 39.5. The van der Waals surface area contributed by atoms with E-state index in [1.807, 2.05) is 97.9 Å². The number of hydrogen-bond donors (Lipinski definition) is 0. The number of β-lactam (4-membered cyclic amide) rings is 1. The molecule has 3 aromatic carbocycles. The second kappa shape index (κ2) is 11.1. The van der Waals surface area contributed by atoms with Crippen LogP contribution in [0.1, 0.15) is 36.1 Å². The second-order valence-electron chi connectivity index (χ2n) is 9.23. The van der Waals surface area contributed by atoms with Gasteiger partial charge in [0.2, 0.25) is 5.91 Å². The van der Waals surface area contributed by atoms with E-state index in [9.17, 15) is 14.4 Å².